The molecule has 1 atom stereocenters. The molecule has 0 bridgehead atoms. The highest BCUT2D eigenvalue weighted by Crippen LogP contribution is 2.42. The highest BCUT2D eigenvalue weighted by molar-refractivity contribution is 5.80. The van der Waals surface area contributed by atoms with E-state index in [4.69, 9.17) is 18.9 Å². The number of hydrogen-bond acceptors (Lipinski definition) is 7. The molecular weight excluding hydrogens is 484 g/mol. The Bertz CT molecular complexity index is 1130. The molecule has 7 heteroatoms. The summed E-state index contributed by atoms with van der Waals surface area (Å²) in [5, 5.41) is 10.3. The van der Waals surface area contributed by atoms with Crippen LogP contribution in [0.4, 0.5) is 0 Å². The summed E-state index contributed by atoms with van der Waals surface area (Å²) in [7, 11) is 3.23. The summed E-state index contributed by atoms with van der Waals surface area (Å²) in [5.41, 5.74) is 0.635. The molecule has 7 nitrogen and oxygen atoms in total. The Morgan fingerprint density at radius 2 is 1.24 bits per heavy atom. The predicted octanol–water partition coefficient (Wildman–Crippen LogP) is 4.92. The van der Waals surface area contributed by atoms with Crippen LogP contribution in [0.25, 0.3) is 0 Å². The van der Waals surface area contributed by atoms with Crippen molar-refractivity contribution in [3.8, 4) is 11.5 Å². The zero-order chi connectivity index (χ0) is 27.6. The van der Waals surface area contributed by atoms with Gasteiger partial charge in [0.05, 0.1) is 33.9 Å². The minimum Gasteiger partial charge on any atom is -0.497 e. The number of esters is 1. The van der Waals surface area contributed by atoms with Crippen LogP contribution in [0, 0.1) is 5.41 Å². The summed E-state index contributed by atoms with van der Waals surface area (Å²) in [4.78, 5) is 23.4. The SMILES string of the molecule is COc1ccc(C(OCC(C)(CO)COC(=O)CCC(C)=O)(c2ccccc2)c2ccc(OC)cc2)cc1. The van der Waals surface area contributed by atoms with Crippen LogP contribution in [0.5, 0.6) is 11.5 Å². The molecule has 1 N–H and O–H groups in total. The van der Waals surface area contributed by atoms with E-state index in [-0.39, 0.29) is 38.4 Å². The third kappa shape index (κ3) is 7.00. The standard InChI is InChI=1S/C31H36O7/c1-23(33)10-19-29(34)37-21-30(2,20-32)22-38-31(24-8-6-5-7-9-24,25-11-15-27(35-3)16-12-25)26-13-17-28(36-4)18-14-26/h5-9,11-18,32H,10,19-22H2,1-4H3. The summed E-state index contributed by atoms with van der Waals surface area (Å²) in [5.74, 6) is 0.854. The normalized spacial score (nSPS) is 12.9. The van der Waals surface area contributed by atoms with E-state index in [0.29, 0.717) is 11.5 Å². The first-order valence-electron chi connectivity index (χ1n) is 12.5. The lowest BCUT2D eigenvalue weighted by atomic mass is 9.79. The van der Waals surface area contributed by atoms with Crippen LogP contribution in [0.15, 0.2) is 78.9 Å². The number of methoxy groups -OCH3 is 2. The van der Waals surface area contributed by atoms with Gasteiger partial charge in [0.25, 0.3) is 0 Å². The molecule has 0 heterocycles. The van der Waals surface area contributed by atoms with Crippen LogP contribution in [-0.4, -0.2) is 50.9 Å². The molecule has 3 aromatic rings. The Kier molecular flexibility index (Phi) is 10.0. The quantitative estimate of drug-likeness (QED) is 0.238. The lowest BCUT2D eigenvalue weighted by molar-refractivity contribution is -0.152. The van der Waals surface area contributed by atoms with Crippen molar-refractivity contribution < 1.29 is 33.6 Å². The van der Waals surface area contributed by atoms with Crippen LogP contribution in [0.3, 0.4) is 0 Å². The summed E-state index contributed by atoms with van der Waals surface area (Å²) in [6, 6.07) is 25.1. The van der Waals surface area contributed by atoms with Crippen molar-refractivity contribution in [1.29, 1.82) is 0 Å². The molecular formula is C31H36O7. The maximum Gasteiger partial charge on any atom is 0.306 e. The maximum atomic E-state index is 12.2. The Hall–Kier alpha value is -3.68. The van der Waals surface area contributed by atoms with E-state index >= 15 is 0 Å². The fraction of sp³-hybridized carbons (Fsp3) is 0.355. The van der Waals surface area contributed by atoms with Gasteiger partial charge in [-0.3, -0.25) is 4.79 Å². The van der Waals surface area contributed by atoms with Gasteiger partial charge in [-0.05, 0) is 47.9 Å². The summed E-state index contributed by atoms with van der Waals surface area (Å²) in [6.07, 6.45) is 0.126. The molecule has 38 heavy (non-hydrogen) atoms. The van der Waals surface area contributed by atoms with Crippen LogP contribution >= 0.6 is 0 Å². The number of ether oxygens (including phenoxy) is 4. The van der Waals surface area contributed by atoms with Gasteiger partial charge in [0.2, 0.25) is 0 Å². The molecule has 202 valence electrons. The van der Waals surface area contributed by atoms with Crippen LogP contribution in [0.2, 0.25) is 0 Å². The number of Topliss-reactive ketones (excluding diaryl/α,β-unsaturated/α-hetero) is 1. The van der Waals surface area contributed by atoms with Crippen molar-refractivity contribution >= 4 is 11.8 Å². The van der Waals surface area contributed by atoms with Gasteiger partial charge in [0.15, 0.2) is 0 Å². The van der Waals surface area contributed by atoms with E-state index in [2.05, 4.69) is 0 Å². The van der Waals surface area contributed by atoms with Crippen molar-refractivity contribution in [3.05, 3.63) is 95.6 Å². The predicted molar refractivity (Wildman–Crippen MR) is 144 cm³/mol. The van der Waals surface area contributed by atoms with Crippen LogP contribution in [0.1, 0.15) is 43.4 Å². The maximum absolute atomic E-state index is 12.2. The number of ketones is 1. The zero-order valence-electron chi connectivity index (χ0n) is 22.4. The molecule has 0 aliphatic rings. The van der Waals surface area contributed by atoms with Crippen LogP contribution < -0.4 is 9.47 Å². The molecule has 3 aromatic carbocycles. The summed E-state index contributed by atoms with van der Waals surface area (Å²) < 4.78 is 23.0. The third-order valence-electron chi connectivity index (χ3n) is 6.46. The van der Waals surface area contributed by atoms with Crippen molar-refractivity contribution in [1.82, 2.24) is 0 Å². The van der Waals surface area contributed by atoms with Gasteiger partial charge < -0.3 is 28.8 Å². The average Bonchev–Trinajstić information content (AvgIpc) is 2.96. The number of aliphatic hydroxyl groups is 1. The first-order valence-corrected chi connectivity index (χ1v) is 12.5. The molecule has 0 aliphatic heterocycles. The highest BCUT2D eigenvalue weighted by atomic mass is 16.5. The van der Waals surface area contributed by atoms with E-state index in [9.17, 15) is 14.7 Å². The molecule has 0 aliphatic carbocycles. The number of benzene rings is 3. The number of aliphatic hydroxyl groups excluding tert-OH is 1. The van der Waals surface area contributed by atoms with Gasteiger partial charge in [-0.15, -0.1) is 0 Å². The highest BCUT2D eigenvalue weighted by Gasteiger charge is 2.40. The molecule has 1 unspecified atom stereocenters. The van der Waals surface area contributed by atoms with Gasteiger partial charge in [0, 0.05) is 11.8 Å². The monoisotopic (exact) mass is 520 g/mol. The molecule has 0 saturated carbocycles. The van der Waals surface area contributed by atoms with Crippen molar-refractivity contribution in [2.24, 2.45) is 5.41 Å². The molecule has 0 radical (unpaired) electrons. The van der Waals surface area contributed by atoms with Crippen molar-refractivity contribution in [2.75, 3.05) is 34.0 Å². The van der Waals surface area contributed by atoms with E-state index < -0.39 is 17.0 Å². The average molecular weight is 521 g/mol. The number of carbonyl (C=O) groups is 2. The number of hydrogen-bond donors (Lipinski definition) is 1. The topological polar surface area (TPSA) is 91.3 Å². The second-order valence-corrected chi connectivity index (χ2v) is 9.62. The van der Waals surface area contributed by atoms with Gasteiger partial charge in [-0.2, -0.15) is 0 Å². The minimum atomic E-state index is -1.06. The van der Waals surface area contributed by atoms with Crippen molar-refractivity contribution in [3.63, 3.8) is 0 Å². The third-order valence-corrected chi connectivity index (χ3v) is 6.46. The van der Waals surface area contributed by atoms with Crippen molar-refractivity contribution in [2.45, 2.75) is 32.3 Å². The Morgan fingerprint density at radius 3 is 1.68 bits per heavy atom. The van der Waals surface area contributed by atoms with Gasteiger partial charge in [-0.1, -0.05) is 61.5 Å². The molecule has 0 aromatic heterocycles. The van der Waals surface area contributed by atoms with E-state index in [1.807, 2.05) is 78.9 Å². The van der Waals surface area contributed by atoms with E-state index in [1.54, 1.807) is 21.1 Å². The summed E-state index contributed by atoms with van der Waals surface area (Å²) >= 11 is 0. The summed E-state index contributed by atoms with van der Waals surface area (Å²) in [6.45, 7) is 2.96. The van der Waals surface area contributed by atoms with E-state index in [0.717, 1.165) is 16.7 Å². The van der Waals surface area contributed by atoms with Crippen LogP contribution in [-0.2, 0) is 24.7 Å². The fourth-order valence-electron chi connectivity index (χ4n) is 4.09. The number of rotatable bonds is 14. The first-order chi connectivity index (χ1) is 18.3. The number of carbonyl (C=O) groups excluding carboxylic acids is 2. The molecule has 0 amide bonds. The molecule has 0 spiro atoms. The first kappa shape index (κ1) is 28.9. The molecule has 3 rings (SSSR count). The van der Waals surface area contributed by atoms with Gasteiger partial charge in [0.1, 0.15) is 29.5 Å². The Labute approximate surface area is 224 Å². The lowest BCUT2D eigenvalue weighted by Crippen LogP contribution is -2.41. The second kappa shape index (κ2) is 13.2. The largest absolute Gasteiger partial charge is 0.497 e. The fourth-order valence-corrected chi connectivity index (χ4v) is 4.09. The second-order valence-electron chi connectivity index (χ2n) is 9.62. The molecule has 0 saturated heterocycles. The zero-order valence-corrected chi connectivity index (χ0v) is 22.4. The molecule has 0 fully saturated rings. The smallest absolute Gasteiger partial charge is 0.306 e. The minimum absolute atomic E-state index is 0.00332. The Balaban J connectivity index is 2.03. The van der Waals surface area contributed by atoms with Gasteiger partial charge >= 0.3 is 5.97 Å². The Morgan fingerprint density at radius 1 is 0.737 bits per heavy atom. The lowest BCUT2D eigenvalue weighted by Gasteiger charge is -2.39. The van der Waals surface area contributed by atoms with E-state index in [1.165, 1.54) is 6.92 Å². The van der Waals surface area contributed by atoms with Gasteiger partial charge in [-0.25, -0.2) is 0 Å².